The lowest BCUT2D eigenvalue weighted by Crippen LogP contribution is -2.40. The largest absolute Gasteiger partial charge is 0.396 e. The molecular formula is C11H16N2O5. The molecule has 1 aliphatic heterocycles. The second-order valence-corrected chi connectivity index (χ2v) is 4.43. The molecule has 3 N–H and O–H groups in total. The van der Waals surface area contributed by atoms with E-state index in [4.69, 9.17) is 9.84 Å². The molecule has 0 aromatic carbocycles. The lowest BCUT2D eigenvalue weighted by atomic mass is 9.88. The monoisotopic (exact) mass is 256 g/mol. The van der Waals surface area contributed by atoms with Gasteiger partial charge in [0.1, 0.15) is 6.23 Å². The Morgan fingerprint density at radius 3 is 2.67 bits per heavy atom. The van der Waals surface area contributed by atoms with Crippen molar-refractivity contribution in [1.29, 1.82) is 0 Å². The van der Waals surface area contributed by atoms with E-state index >= 15 is 0 Å². The summed E-state index contributed by atoms with van der Waals surface area (Å²) in [6, 6.07) is 1.25. The molecule has 1 saturated heterocycles. The summed E-state index contributed by atoms with van der Waals surface area (Å²) < 4.78 is 6.78. The fourth-order valence-corrected chi connectivity index (χ4v) is 2.16. The maximum atomic E-state index is 11.6. The predicted octanol–water partition coefficient (Wildman–Crippen LogP) is -1.33. The third-order valence-electron chi connectivity index (χ3n) is 3.30. The molecule has 7 heteroatoms. The first kappa shape index (κ1) is 13.0. The van der Waals surface area contributed by atoms with Crippen LogP contribution in [0.15, 0.2) is 21.9 Å². The molecule has 0 saturated carbocycles. The number of aromatic amines is 1. The van der Waals surface area contributed by atoms with Crippen LogP contribution < -0.4 is 11.2 Å². The van der Waals surface area contributed by atoms with Crippen molar-refractivity contribution < 1.29 is 14.9 Å². The van der Waals surface area contributed by atoms with Crippen molar-refractivity contribution in [3.05, 3.63) is 33.1 Å². The van der Waals surface area contributed by atoms with Gasteiger partial charge in [-0.2, -0.15) is 0 Å². The quantitative estimate of drug-likeness (QED) is 0.621. The minimum Gasteiger partial charge on any atom is -0.396 e. The SMILES string of the molecule is O=c1ccn(C2CC(CO)C(CO)CO2)c(=O)[nH]1. The van der Waals surface area contributed by atoms with Crippen LogP contribution in [0.5, 0.6) is 0 Å². The molecular weight excluding hydrogens is 240 g/mol. The summed E-state index contributed by atoms with van der Waals surface area (Å²) in [4.78, 5) is 24.7. The summed E-state index contributed by atoms with van der Waals surface area (Å²) in [5, 5.41) is 18.4. The highest BCUT2D eigenvalue weighted by atomic mass is 16.5. The third kappa shape index (κ3) is 2.53. The Kier molecular flexibility index (Phi) is 3.95. The van der Waals surface area contributed by atoms with Gasteiger partial charge in [-0.1, -0.05) is 0 Å². The standard InChI is InChI=1S/C11H16N2O5/c14-4-7-3-10(18-6-8(7)5-15)13-2-1-9(16)12-11(13)17/h1-2,7-8,10,14-15H,3-6H2,(H,12,16,17). The second kappa shape index (κ2) is 5.47. The molecule has 2 rings (SSSR count). The minimum absolute atomic E-state index is 0.0571. The molecule has 100 valence electrons. The maximum Gasteiger partial charge on any atom is 0.330 e. The lowest BCUT2D eigenvalue weighted by Gasteiger charge is -2.34. The van der Waals surface area contributed by atoms with E-state index in [0.29, 0.717) is 6.42 Å². The van der Waals surface area contributed by atoms with Crippen LogP contribution in [0, 0.1) is 11.8 Å². The Balaban J connectivity index is 2.20. The maximum absolute atomic E-state index is 11.6. The third-order valence-corrected chi connectivity index (χ3v) is 3.30. The zero-order valence-corrected chi connectivity index (χ0v) is 9.78. The number of ether oxygens (including phenoxy) is 1. The van der Waals surface area contributed by atoms with Gasteiger partial charge in [0.25, 0.3) is 5.56 Å². The molecule has 1 aliphatic rings. The van der Waals surface area contributed by atoms with Crippen molar-refractivity contribution in [2.75, 3.05) is 19.8 Å². The molecule has 7 nitrogen and oxygen atoms in total. The van der Waals surface area contributed by atoms with Crippen molar-refractivity contribution in [3.8, 4) is 0 Å². The number of rotatable bonds is 3. The van der Waals surface area contributed by atoms with Gasteiger partial charge in [-0.15, -0.1) is 0 Å². The van der Waals surface area contributed by atoms with Gasteiger partial charge >= 0.3 is 5.69 Å². The topological polar surface area (TPSA) is 105 Å². The number of aliphatic hydroxyl groups is 2. The van der Waals surface area contributed by atoms with E-state index < -0.39 is 17.5 Å². The van der Waals surface area contributed by atoms with Gasteiger partial charge in [-0.25, -0.2) is 4.79 Å². The van der Waals surface area contributed by atoms with Crippen LogP contribution in [-0.2, 0) is 4.74 Å². The smallest absolute Gasteiger partial charge is 0.330 e. The normalized spacial score (nSPS) is 28.2. The molecule has 18 heavy (non-hydrogen) atoms. The van der Waals surface area contributed by atoms with Crippen LogP contribution in [0.25, 0.3) is 0 Å². The van der Waals surface area contributed by atoms with E-state index in [1.807, 2.05) is 0 Å². The molecule has 2 heterocycles. The van der Waals surface area contributed by atoms with Crippen LogP contribution in [-0.4, -0.2) is 39.6 Å². The first-order chi connectivity index (χ1) is 8.65. The summed E-state index contributed by atoms with van der Waals surface area (Å²) in [6.07, 6.45) is 1.28. The van der Waals surface area contributed by atoms with Gasteiger partial charge in [-0.3, -0.25) is 14.3 Å². The molecule has 3 unspecified atom stereocenters. The van der Waals surface area contributed by atoms with Crippen LogP contribution in [0.1, 0.15) is 12.6 Å². The van der Waals surface area contributed by atoms with E-state index in [-0.39, 0.29) is 31.7 Å². The number of hydrogen-bond acceptors (Lipinski definition) is 5. The zero-order chi connectivity index (χ0) is 13.1. The second-order valence-electron chi connectivity index (χ2n) is 4.43. The summed E-state index contributed by atoms with van der Waals surface area (Å²) >= 11 is 0. The van der Waals surface area contributed by atoms with E-state index in [2.05, 4.69) is 4.98 Å². The van der Waals surface area contributed by atoms with Gasteiger partial charge in [0.15, 0.2) is 0 Å². The number of aliphatic hydroxyl groups excluding tert-OH is 2. The Bertz CT molecular complexity index is 509. The number of hydrogen-bond donors (Lipinski definition) is 3. The van der Waals surface area contributed by atoms with Gasteiger partial charge in [-0.05, 0) is 12.3 Å². The highest BCUT2D eigenvalue weighted by molar-refractivity contribution is 4.86. The Labute approximate surface area is 103 Å². The van der Waals surface area contributed by atoms with E-state index in [1.165, 1.54) is 16.8 Å². The number of H-pyrrole nitrogens is 1. The molecule has 1 aromatic rings. The van der Waals surface area contributed by atoms with Crippen molar-refractivity contribution in [2.24, 2.45) is 11.8 Å². The molecule has 3 atom stereocenters. The lowest BCUT2D eigenvalue weighted by molar-refractivity contribution is -0.107. The first-order valence-corrected chi connectivity index (χ1v) is 5.80. The molecule has 1 aromatic heterocycles. The van der Waals surface area contributed by atoms with E-state index in [0.717, 1.165) is 0 Å². The van der Waals surface area contributed by atoms with Crippen molar-refractivity contribution >= 4 is 0 Å². The average Bonchev–Trinajstić information content (AvgIpc) is 2.38. The summed E-state index contributed by atoms with van der Waals surface area (Å²) in [5.74, 6) is -0.239. The van der Waals surface area contributed by atoms with Crippen LogP contribution in [0.3, 0.4) is 0 Å². The highest BCUT2D eigenvalue weighted by Crippen LogP contribution is 2.30. The number of nitrogens with zero attached hydrogens (tertiary/aromatic N) is 1. The zero-order valence-electron chi connectivity index (χ0n) is 9.78. The molecule has 0 aliphatic carbocycles. The molecule has 0 radical (unpaired) electrons. The van der Waals surface area contributed by atoms with E-state index in [1.54, 1.807) is 0 Å². The molecule has 0 bridgehead atoms. The highest BCUT2D eigenvalue weighted by Gasteiger charge is 2.31. The van der Waals surface area contributed by atoms with Gasteiger partial charge < -0.3 is 14.9 Å². The Morgan fingerprint density at radius 2 is 2.06 bits per heavy atom. The molecule has 0 amide bonds. The fourth-order valence-electron chi connectivity index (χ4n) is 2.16. The summed E-state index contributed by atoms with van der Waals surface area (Å²) in [7, 11) is 0. The van der Waals surface area contributed by atoms with Gasteiger partial charge in [0, 0.05) is 31.4 Å². The average molecular weight is 256 g/mol. The van der Waals surface area contributed by atoms with Crippen molar-refractivity contribution in [3.63, 3.8) is 0 Å². The van der Waals surface area contributed by atoms with E-state index in [9.17, 15) is 14.7 Å². The summed E-state index contributed by atoms with van der Waals surface area (Å²) in [6.45, 7) is 0.152. The van der Waals surface area contributed by atoms with Crippen molar-refractivity contribution in [2.45, 2.75) is 12.6 Å². The predicted molar refractivity (Wildman–Crippen MR) is 62.1 cm³/mol. The first-order valence-electron chi connectivity index (χ1n) is 5.80. The Morgan fingerprint density at radius 1 is 1.33 bits per heavy atom. The fraction of sp³-hybridized carbons (Fsp3) is 0.636. The molecule has 0 spiro atoms. The molecule has 1 fully saturated rings. The Hall–Kier alpha value is -1.44. The van der Waals surface area contributed by atoms with Crippen LogP contribution in [0.2, 0.25) is 0 Å². The van der Waals surface area contributed by atoms with Gasteiger partial charge in [0.2, 0.25) is 0 Å². The minimum atomic E-state index is -0.536. The van der Waals surface area contributed by atoms with Gasteiger partial charge in [0.05, 0.1) is 6.61 Å². The summed E-state index contributed by atoms with van der Waals surface area (Å²) in [5.41, 5.74) is -0.995. The van der Waals surface area contributed by atoms with Crippen LogP contribution in [0.4, 0.5) is 0 Å². The number of aromatic nitrogens is 2. The van der Waals surface area contributed by atoms with Crippen LogP contribution >= 0.6 is 0 Å². The number of nitrogens with one attached hydrogen (secondary N) is 1. The van der Waals surface area contributed by atoms with Crippen molar-refractivity contribution in [1.82, 2.24) is 9.55 Å².